The fourth-order valence-corrected chi connectivity index (χ4v) is 3.11. The molecular weight excluding hydrogens is 364 g/mol. The lowest BCUT2D eigenvalue weighted by molar-refractivity contribution is -0.119. The van der Waals surface area contributed by atoms with Crippen LogP contribution in [0.2, 0.25) is 0 Å². The van der Waals surface area contributed by atoms with Gasteiger partial charge in [-0.3, -0.25) is 4.79 Å². The van der Waals surface area contributed by atoms with Crippen molar-refractivity contribution in [3.05, 3.63) is 52.2 Å². The molecule has 0 saturated carbocycles. The van der Waals surface area contributed by atoms with Crippen molar-refractivity contribution in [1.82, 2.24) is 10.6 Å². The van der Waals surface area contributed by atoms with Crippen molar-refractivity contribution < 1.29 is 14.6 Å². The van der Waals surface area contributed by atoms with E-state index in [2.05, 4.69) is 15.6 Å². The second kappa shape index (κ2) is 9.94. The van der Waals surface area contributed by atoms with Crippen molar-refractivity contribution in [3.8, 4) is 5.75 Å². The highest BCUT2D eigenvalue weighted by Gasteiger charge is 2.23. The summed E-state index contributed by atoms with van der Waals surface area (Å²) in [7, 11) is 0. The van der Waals surface area contributed by atoms with E-state index in [0.29, 0.717) is 31.3 Å². The van der Waals surface area contributed by atoms with E-state index < -0.39 is 11.5 Å². The van der Waals surface area contributed by atoms with Crippen molar-refractivity contribution in [2.75, 3.05) is 19.7 Å². The van der Waals surface area contributed by atoms with Gasteiger partial charge in [-0.2, -0.15) is 11.3 Å². The number of carbonyl (C=O) groups excluding carboxylic acids is 1. The Hall–Kier alpha value is -2.58. The van der Waals surface area contributed by atoms with Crippen LogP contribution in [0.5, 0.6) is 5.75 Å². The number of nitrogens with two attached hydrogens (primary N) is 1. The second-order valence-corrected chi connectivity index (χ2v) is 7.02. The smallest absolute Gasteiger partial charge is 0.255 e. The summed E-state index contributed by atoms with van der Waals surface area (Å²) in [4.78, 5) is 15.4. The summed E-state index contributed by atoms with van der Waals surface area (Å²) in [5, 5.41) is 20.8. The quantitative estimate of drug-likeness (QED) is 0.384. The molecule has 1 unspecified atom stereocenters. The van der Waals surface area contributed by atoms with Crippen LogP contribution in [0.15, 0.2) is 46.1 Å². The molecule has 7 nitrogen and oxygen atoms in total. The molecule has 1 atom stereocenters. The van der Waals surface area contributed by atoms with E-state index in [4.69, 9.17) is 10.5 Å². The van der Waals surface area contributed by atoms with Crippen molar-refractivity contribution in [2.24, 2.45) is 10.7 Å². The predicted octanol–water partition coefficient (Wildman–Crippen LogP) is 1.58. The van der Waals surface area contributed by atoms with Gasteiger partial charge in [0, 0.05) is 6.54 Å². The van der Waals surface area contributed by atoms with E-state index in [1.807, 2.05) is 41.9 Å². The third kappa shape index (κ3) is 6.92. The molecule has 0 bridgehead atoms. The molecule has 1 heterocycles. The van der Waals surface area contributed by atoms with Crippen LogP contribution in [0.3, 0.4) is 0 Å². The first-order chi connectivity index (χ1) is 12.9. The summed E-state index contributed by atoms with van der Waals surface area (Å²) in [6.07, 6.45) is 0. The van der Waals surface area contributed by atoms with Crippen LogP contribution in [0.1, 0.15) is 25.0 Å². The van der Waals surface area contributed by atoms with E-state index in [1.165, 1.54) is 0 Å². The molecule has 27 heavy (non-hydrogen) atoms. The molecule has 2 rings (SSSR count). The zero-order valence-electron chi connectivity index (χ0n) is 15.6. The molecule has 0 fully saturated rings. The highest BCUT2D eigenvalue weighted by Crippen LogP contribution is 2.22. The maximum absolute atomic E-state index is 10.8. The lowest BCUT2D eigenvalue weighted by Crippen LogP contribution is -2.44. The van der Waals surface area contributed by atoms with Gasteiger partial charge in [0.25, 0.3) is 5.91 Å². The molecule has 1 aromatic heterocycles. The van der Waals surface area contributed by atoms with Crippen LogP contribution < -0.4 is 21.1 Å². The van der Waals surface area contributed by atoms with E-state index in [-0.39, 0.29) is 6.61 Å². The third-order valence-electron chi connectivity index (χ3n) is 3.79. The summed E-state index contributed by atoms with van der Waals surface area (Å²) in [6, 6.07) is 9.25. The number of guanidine groups is 1. The van der Waals surface area contributed by atoms with Gasteiger partial charge in [0.2, 0.25) is 0 Å². The molecule has 5 N–H and O–H groups in total. The van der Waals surface area contributed by atoms with Crippen LogP contribution >= 0.6 is 11.3 Å². The first-order valence-corrected chi connectivity index (χ1v) is 9.62. The fourth-order valence-electron chi connectivity index (χ4n) is 2.33. The number of rotatable bonds is 9. The Labute approximate surface area is 163 Å². The maximum atomic E-state index is 10.8. The second-order valence-electron chi connectivity index (χ2n) is 6.24. The first kappa shape index (κ1) is 20.7. The van der Waals surface area contributed by atoms with E-state index in [9.17, 15) is 9.90 Å². The van der Waals surface area contributed by atoms with Crippen LogP contribution in [0.25, 0.3) is 0 Å². The number of carbonyl (C=O) groups is 1. The first-order valence-electron chi connectivity index (χ1n) is 8.68. The van der Waals surface area contributed by atoms with Gasteiger partial charge in [-0.25, -0.2) is 4.99 Å². The molecule has 2 aromatic rings. The maximum Gasteiger partial charge on any atom is 0.255 e. The number of primary amides is 1. The number of aliphatic imine (C=N–C) groups is 1. The minimum atomic E-state index is -0.987. The largest absolute Gasteiger partial charge is 0.484 e. The van der Waals surface area contributed by atoms with Gasteiger partial charge in [0.15, 0.2) is 12.6 Å². The van der Waals surface area contributed by atoms with Gasteiger partial charge in [-0.15, -0.1) is 0 Å². The Kier molecular flexibility index (Phi) is 7.63. The van der Waals surface area contributed by atoms with Crippen LogP contribution in [-0.2, 0) is 16.9 Å². The van der Waals surface area contributed by atoms with Gasteiger partial charge < -0.3 is 26.2 Å². The number of thiophene rings is 1. The summed E-state index contributed by atoms with van der Waals surface area (Å²) in [6.45, 7) is 5.04. The van der Waals surface area contributed by atoms with Crippen molar-refractivity contribution in [3.63, 3.8) is 0 Å². The fraction of sp³-hybridized carbons (Fsp3) is 0.368. The van der Waals surface area contributed by atoms with Crippen molar-refractivity contribution >= 4 is 23.2 Å². The zero-order chi connectivity index (χ0) is 19.7. The molecule has 1 aromatic carbocycles. The molecule has 0 aliphatic heterocycles. The number of benzene rings is 1. The van der Waals surface area contributed by atoms with Crippen LogP contribution in [0, 0.1) is 0 Å². The van der Waals surface area contributed by atoms with E-state index in [1.54, 1.807) is 24.3 Å². The lowest BCUT2D eigenvalue weighted by atomic mass is 9.99. The van der Waals surface area contributed by atoms with Gasteiger partial charge in [-0.1, -0.05) is 12.1 Å². The number of hydrogen-bond donors (Lipinski definition) is 4. The number of ether oxygens (including phenoxy) is 1. The Morgan fingerprint density at radius 2 is 2.19 bits per heavy atom. The molecule has 146 valence electrons. The normalized spacial score (nSPS) is 13.7. The molecule has 0 radical (unpaired) electrons. The summed E-state index contributed by atoms with van der Waals surface area (Å²) in [5.41, 5.74) is 5.90. The Morgan fingerprint density at radius 1 is 1.37 bits per heavy atom. The third-order valence-corrected chi connectivity index (χ3v) is 4.47. The highest BCUT2D eigenvalue weighted by molar-refractivity contribution is 7.08. The molecular formula is C19H26N4O3S. The number of nitrogens with one attached hydrogen (secondary N) is 2. The van der Waals surface area contributed by atoms with E-state index >= 15 is 0 Å². The topological polar surface area (TPSA) is 109 Å². The average molecular weight is 391 g/mol. The van der Waals surface area contributed by atoms with Crippen molar-refractivity contribution in [1.29, 1.82) is 0 Å². The van der Waals surface area contributed by atoms with Gasteiger partial charge >= 0.3 is 0 Å². The predicted molar refractivity (Wildman–Crippen MR) is 108 cm³/mol. The molecule has 0 saturated heterocycles. The standard InChI is InChI=1S/C19H26N4O3S/c1-3-21-18(23-13-19(2,25)15-7-8-27-12-15)22-10-14-5-4-6-16(9-14)26-11-17(20)24/h4-9,12,25H,3,10-11,13H2,1-2H3,(H2,20,24)(H2,21,22,23). The van der Waals surface area contributed by atoms with Gasteiger partial charge in [-0.05, 0) is 53.9 Å². The average Bonchev–Trinajstić information content (AvgIpc) is 3.18. The lowest BCUT2D eigenvalue weighted by Gasteiger charge is -2.24. The van der Waals surface area contributed by atoms with Crippen molar-refractivity contribution in [2.45, 2.75) is 26.0 Å². The van der Waals surface area contributed by atoms with Gasteiger partial charge in [0.1, 0.15) is 11.4 Å². The highest BCUT2D eigenvalue weighted by atomic mass is 32.1. The molecule has 1 amide bonds. The van der Waals surface area contributed by atoms with Gasteiger partial charge in [0.05, 0.1) is 13.1 Å². The van der Waals surface area contributed by atoms with Crippen LogP contribution in [-0.4, -0.2) is 36.7 Å². The Bertz CT molecular complexity index is 760. The number of aliphatic hydroxyl groups is 1. The molecule has 0 aliphatic rings. The minimum Gasteiger partial charge on any atom is -0.484 e. The van der Waals surface area contributed by atoms with E-state index in [0.717, 1.165) is 11.1 Å². The summed E-state index contributed by atoms with van der Waals surface area (Å²) in [5.74, 6) is 0.658. The monoisotopic (exact) mass is 390 g/mol. The minimum absolute atomic E-state index is 0.158. The molecule has 0 spiro atoms. The molecule has 0 aliphatic carbocycles. The number of nitrogens with zero attached hydrogens (tertiary/aromatic N) is 1. The Balaban J connectivity index is 1.98. The summed E-state index contributed by atoms with van der Waals surface area (Å²) >= 11 is 1.55. The number of amides is 1. The zero-order valence-corrected chi connectivity index (χ0v) is 16.4. The Morgan fingerprint density at radius 3 is 2.85 bits per heavy atom. The number of hydrogen-bond acceptors (Lipinski definition) is 5. The SMILES string of the molecule is CCNC(=NCc1cccc(OCC(N)=O)c1)NCC(C)(O)c1ccsc1. The molecule has 8 heteroatoms. The van der Waals surface area contributed by atoms with Crippen LogP contribution in [0.4, 0.5) is 0 Å². The summed E-state index contributed by atoms with van der Waals surface area (Å²) < 4.78 is 5.31.